The van der Waals surface area contributed by atoms with Gasteiger partial charge in [0, 0.05) is 0 Å². The molecule has 0 aliphatic heterocycles. The van der Waals surface area contributed by atoms with Crippen LogP contribution in [0.25, 0.3) is 0 Å². The molecule has 0 saturated heterocycles. The van der Waals surface area contributed by atoms with Gasteiger partial charge in [0.05, 0.1) is 0 Å². The van der Waals surface area contributed by atoms with Gasteiger partial charge in [0.25, 0.3) is 0 Å². The molecular weight excluding hydrogens is 302 g/mol. The molecule has 1 amide bonds. The molecule has 1 aromatic rings. The zero-order chi connectivity index (χ0) is 16.6. The zero-order valence-corrected chi connectivity index (χ0v) is 14.2. The molecule has 0 fully saturated rings. The van der Waals surface area contributed by atoms with Gasteiger partial charge >= 0.3 is 12.1 Å². The van der Waals surface area contributed by atoms with E-state index >= 15 is 0 Å². The van der Waals surface area contributed by atoms with Gasteiger partial charge < -0.3 is 14.8 Å². The van der Waals surface area contributed by atoms with Crippen LogP contribution in [0.5, 0.6) is 5.75 Å². The Kier molecular flexibility index (Phi) is 7.24. The Balaban J connectivity index is 2.66. The number of benzene rings is 1. The number of hydrogen-bond donors (Lipinski definition) is 1. The van der Waals surface area contributed by atoms with Gasteiger partial charge in [-0.15, -0.1) is 0 Å². The largest absolute Gasteiger partial charge is 0.444 e. The van der Waals surface area contributed by atoms with Gasteiger partial charge in [-0.05, 0) is 51.3 Å². The van der Waals surface area contributed by atoms with Crippen LogP contribution in [0.1, 0.15) is 27.2 Å². The highest BCUT2D eigenvalue weighted by molar-refractivity contribution is 7.98. The van der Waals surface area contributed by atoms with Crippen LogP contribution >= 0.6 is 11.8 Å². The highest BCUT2D eigenvalue weighted by Crippen LogP contribution is 2.12. The van der Waals surface area contributed by atoms with E-state index < -0.39 is 23.7 Å². The number of esters is 1. The lowest BCUT2D eigenvalue weighted by molar-refractivity contribution is -0.136. The normalized spacial score (nSPS) is 12.4. The maximum Gasteiger partial charge on any atom is 0.408 e. The Hall–Kier alpha value is -1.69. The third-order valence-electron chi connectivity index (χ3n) is 2.55. The summed E-state index contributed by atoms with van der Waals surface area (Å²) in [5, 5.41) is 2.58. The molecule has 0 spiro atoms. The number of hydrogen-bond acceptors (Lipinski definition) is 5. The van der Waals surface area contributed by atoms with Gasteiger partial charge in [-0.2, -0.15) is 11.8 Å². The number of ether oxygens (including phenoxy) is 2. The number of rotatable bonds is 6. The minimum Gasteiger partial charge on any atom is -0.444 e. The molecule has 22 heavy (non-hydrogen) atoms. The van der Waals surface area contributed by atoms with Gasteiger partial charge in [0.1, 0.15) is 17.4 Å². The van der Waals surface area contributed by atoms with Crippen LogP contribution in [0, 0.1) is 0 Å². The summed E-state index contributed by atoms with van der Waals surface area (Å²) in [6.45, 7) is 5.31. The number of nitrogens with one attached hydrogen (secondary N) is 1. The molecule has 0 unspecified atom stereocenters. The molecule has 1 N–H and O–H groups in total. The molecule has 1 atom stereocenters. The van der Waals surface area contributed by atoms with E-state index in [-0.39, 0.29) is 0 Å². The molecule has 0 heterocycles. The molecule has 0 saturated carbocycles. The quantitative estimate of drug-likeness (QED) is 0.642. The number of carbonyl (C=O) groups is 2. The maximum absolute atomic E-state index is 12.2. The number of para-hydroxylation sites is 1. The van der Waals surface area contributed by atoms with Crippen LogP contribution < -0.4 is 10.1 Å². The van der Waals surface area contributed by atoms with Crippen molar-refractivity contribution in [2.45, 2.75) is 38.8 Å². The molecule has 122 valence electrons. The Bertz CT molecular complexity index is 485. The summed E-state index contributed by atoms with van der Waals surface area (Å²) >= 11 is 1.59. The van der Waals surface area contributed by atoms with Crippen molar-refractivity contribution in [2.75, 3.05) is 12.0 Å². The lowest BCUT2D eigenvalue weighted by atomic mass is 10.2. The Morgan fingerprint density at radius 2 is 1.86 bits per heavy atom. The fraction of sp³-hybridized carbons (Fsp3) is 0.500. The van der Waals surface area contributed by atoms with Gasteiger partial charge in [0.15, 0.2) is 0 Å². The summed E-state index contributed by atoms with van der Waals surface area (Å²) in [5.41, 5.74) is -0.614. The summed E-state index contributed by atoms with van der Waals surface area (Å²) in [5.74, 6) is 0.684. The number of thioether (sulfide) groups is 1. The maximum atomic E-state index is 12.2. The second-order valence-electron chi connectivity index (χ2n) is 5.71. The first kappa shape index (κ1) is 18.4. The molecule has 5 nitrogen and oxygen atoms in total. The second-order valence-corrected chi connectivity index (χ2v) is 6.70. The van der Waals surface area contributed by atoms with E-state index in [2.05, 4.69) is 5.32 Å². The van der Waals surface area contributed by atoms with E-state index in [1.807, 2.05) is 12.3 Å². The molecule has 6 heteroatoms. The Morgan fingerprint density at radius 3 is 2.41 bits per heavy atom. The topological polar surface area (TPSA) is 64.6 Å². The van der Waals surface area contributed by atoms with Crippen molar-refractivity contribution >= 4 is 23.8 Å². The number of amides is 1. The predicted molar refractivity (Wildman–Crippen MR) is 88.2 cm³/mol. The van der Waals surface area contributed by atoms with E-state index in [9.17, 15) is 9.59 Å². The molecule has 0 aromatic heterocycles. The van der Waals surface area contributed by atoms with Crippen LogP contribution in [0.15, 0.2) is 30.3 Å². The minimum absolute atomic E-state index is 0.452. The molecule has 1 rings (SSSR count). The molecule has 0 radical (unpaired) electrons. The summed E-state index contributed by atoms with van der Waals surface area (Å²) in [6.07, 6.45) is 1.79. The average Bonchev–Trinajstić information content (AvgIpc) is 2.42. The monoisotopic (exact) mass is 325 g/mol. The lowest BCUT2D eigenvalue weighted by Crippen LogP contribution is -2.45. The predicted octanol–water partition coefficient (Wildman–Crippen LogP) is 3.24. The fourth-order valence-corrected chi connectivity index (χ4v) is 2.08. The zero-order valence-electron chi connectivity index (χ0n) is 13.4. The third kappa shape index (κ3) is 7.36. The SMILES string of the molecule is CSCC[C@H](NC(=O)OC(C)(C)C)C(=O)Oc1ccccc1. The summed E-state index contributed by atoms with van der Waals surface area (Å²) in [4.78, 5) is 24.1. The van der Waals surface area contributed by atoms with Crippen LogP contribution in [0.4, 0.5) is 4.79 Å². The first-order valence-electron chi connectivity index (χ1n) is 7.07. The van der Waals surface area contributed by atoms with Crippen molar-refractivity contribution in [3.8, 4) is 5.75 Å². The van der Waals surface area contributed by atoms with Crippen LogP contribution in [-0.4, -0.2) is 35.7 Å². The number of alkyl carbamates (subject to hydrolysis) is 1. The van der Waals surface area contributed by atoms with E-state index in [0.29, 0.717) is 12.2 Å². The van der Waals surface area contributed by atoms with Crippen LogP contribution in [0.3, 0.4) is 0 Å². The van der Waals surface area contributed by atoms with Gasteiger partial charge in [-0.3, -0.25) is 0 Å². The van der Waals surface area contributed by atoms with Gasteiger partial charge in [0.2, 0.25) is 0 Å². The average molecular weight is 325 g/mol. The van der Waals surface area contributed by atoms with Crippen molar-refractivity contribution in [2.24, 2.45) is 0 Å². The van der Waals surface area contributed by atoms with Crippen molar-refractivity contribution < 1.29 is 19.1 Å². The molecular formula is C16H23NO4S. The fourth-order valence-electron chi connectivity index (χ4n) is 1.61. The second kappa shape index (κ2) is 8.68. The molecule has 1 aromatic carbocycles. The number of carbonyl (C=O) groups excluding carboxylic acids is 2. The van der Waals surface area contributed by atoms with Crippen LogP contribution in [0.2, 0.25) is 0 Å². The Labute approximate surface area is 135 Å². The standard InChI is InChI=1S/C16H23NO4S/c1-16(2,3)21-15(19)17-13(10-11-22-4)14(18)20-12-8-6-5-7-9-12/h5-9,13H,10-11H2,1-4H3,(H,17,19)/t13-/m0/s1. The first-order chi connectivity index (χ1) is 10.3. The first-order valence-corrected chi connectivity index (χ1v) is 8.46. The third-order valence-corrected chi connectivity index (χ3v) is 3.19. The lowest BCUT2D eigenvalue weighted by Gasteiger charge is -2.22. The summed E-state index contributed by atoms with van der Waals surface area (Å²) in [7, 11) is 0. The molecule has 0 aliphatic rings. The van der Waals surface area contributed by atoms with Crippen LogP contribution in [-0.2, 0) is 9.53 Å². The van der Waals surface area contributed by atoms with Crippen molar-refractivity contribution in [1.82, 2.24) is 5.32 Å². The highest BCUT2D eigenvalue weighted by atomic mass is 32.2. The van der Waals surface area contributed by atoms with E-state index in [1.165, 1.54) is 0 Å². The van der Waals surface area contributed by atoms with Crippen molar-refractivity contribution in [1.29, 1.82) is 0 Å². The summed E-state index contributed by atoms with van der Waals surface area (Å²) in [6, 6.07) is 8.04. The van der Waals surface area contributed by atoms with E-state index in [1.54, 1.807) is 56.8 Å². The smallest absolute Gasteiger partial charge is 0.408 e. The molecule has 0 bridgehead atoms. The minimum atomic E-state index is -0.734. The van der Waals surface area contributed by atoms with Crippen molar-refractivity contribution in [3.63, 3.8) is 0 Å². The highest BCUT2D eigenvalue weighted by Gasteiger charge is 2.25. The van der Waals surface area contributed by atoms with Gasteiger partial charge in [-0.1, -0.05) is 18.2 Å². The summed E-state index contributed by atoms with van der Waals surface area (Å²) < 4.78 is 10.5. The van der Waals surface area contributed by atoms with E-state index in [0.717, 1.165) is 5.75 Å². The van der Waals surface area contributed by atoms with Gasteiger partial charge in [-0.25, -0.2) is 9.59 Å². The van der Waals surface area contributed by atoms with Crippen molar-refractivity contribution in [3.05, 3.63) is 30.3 Å². The molecule has 0 aliphatic carbocycles. The Morgan fingerprint density at radius 1 is 1.23 bits per heavy atom. The van der Waals surface area contributed by atoms with E-state index in [4.69, 9.17) is 9.47 Å².